The Hall–Kier alpha value is -1.54. The van der Waals surface area contributed by atoms with E-state index in [9.17, 15) is 9.59 Å². The Kier molecular flexibility index (Phi) is 6.16. The fourth-order valence-corrected chi connectivity index (χ4v) is 1.09. The number of aliphatic carboxylic acids is 2. The molecule has 0 radical (unpaired) electrons. The number of hydrogen-bond acceptors (Lipinski definition) is 2. The van der Waals surface area contributed by atoms with Crippen LogP contribution in [0.2, 0.25) is 0 Å². The summed E-state index contributed by atoms with van der Waals surface area (Å²) in [7, 11) is 0. The molecule has 0 saturated heterocycles. The highest BCUT2D eigenvalue weighted by atomic mass is 16.4. The Morgan fingerprint density at radius 2 is 1.79 bits per heavy atom. The van der Waals surface area contributed by atoms with Crippen LogP contribution in [0.3, 0.4) is 0 Å². The van der Waals surface area contributed by atoms with Gasteiger partial charge in [-0.15, -0.1) is 5.73 Å². The molecule has 0 atom stereocenters. The first-order valence-electron chi connectivity index (χ1n) is 4.35. The Balaban J connectivity index is 4.16. The lowest BCUT2D eigenvalue weighted by Crippen LogP contribution is -2.11. The van der Waals surface area contributed by atoms with Crippen LogP contribution in [0, 0.1) is 5.92 Å². The summed E-state index contributed by atoms with van der Waals surface area (Å²) in [4.78, 5) is 20.8. The van der Waals surface area contributed by atoms with Crippen molar-refractivity contribution in [2.45, 2.75) is 26.2 Å². The number of carbonyl (C=O) groups is 2. The fourth-order valence-electron chi connectivity index (χ4n) is 1.09. The van der Waals surface area contributed by atoms with E-state index in [1.54, 1.807) is 19.1 Å². The van der Waals surface area contributed by atoms with Gasteiger partial charge in [0.05, 0.1) is 0 Å². The Morgan fingerprint density at radius 1 is 1.29 bits per heavy atom. The number of allylic oxidation sites excluding steroid dienone is 1. The maximum Gasteiger partial charge on any atom is 0.303 e. The van der Waals surface area contributed by atoms with Crippen LogP contribution in [0.15, 0.2) is 17.9 Å². The third kappa shape index (κ3) is 7.13. The first-order chi connectivity index (χ1) is 6.56. The molecule has 0 spiro atoms. The van der Waals surface area contributed by atoms with E-state index in [1.807, 2.05) is 0 Å². The molecule has 0 saturated carbocycles. The molecular formula is C10H14O4. The maximum atomic E-state index is 10.4. The lowest BCUT2D eigenvalue weighted by Gasteiger charge is -2.07. The normalized spacial score (nSPS) is 9.29. The standard InChI is InChI=1S/C10H14O4/c1-2-3-4-5-8(6-9(11)12)7-10(13)14/h2,4,8H,5-7H2,1H3,(H,11,12)(H,13,14). The van der Waals surface area contributed by atoms with E-state index in [-0.39, 0.29) is 18.8 Å². The molecule has 0 heterocycles. The molecule has 14 heavy (non-hydrogen) atoms. The summed E-state index contributed by atoms with van der Waals surface area (Å²) < 4.78 is 0. The van der Waals surface area contributed by atoms with E-state index >= 15 is 0 Å². The van der Waals surface area contributed by atoms with Crippen LogP contribution in [0.5, 0.6) is 0 Å². The van der Waals surface area contributed by atoms with Gasteiger partial charge in [0, 0.05) is 12.8 Å². The van der Waals surface area contributed by atoms with Crippen LogP contribution in [0.1, 0.15) is 26.2 Å². The minimum Gasteiger partial charge on any atom is -0.481 e. The van der Waals surface area contributed by atoms with Gasteiger partial charge in [0.25, 0.3) is 0 Å². The first-order valence-corrected chi connectivity index (χ1v) is 4.35. The average Bonchev–Trinajstić information content (AvgIpc) is 2.02. The molecule has 0 rings (SSSR count). The molecule has 0 aromatic rings. The summed E-state index contributed by atoms with van der Waals surface area (Å²) in [5, 5.41) is 17.0. The van der Waals surface area contributed by atoms with E-state index in [1.165, 1.54) is 0 Å². The third-order valence-electron chi connectivity index (χ3n) is 1.66. The molecule has 0 aromatic carbocycles. The van der Waals surface area contributed by atoms with Gasteiger partial charge in [-0.05, 0) is 31.4 Å². The highest BCUT2D eigenvalue weighted by Crippen LogP contribution is 2.13. The Bertz CT molecular complexity index is 245. The van der Waals surface area contributed by atoms with Gasteiger partial charge in [-0.25, -0.2) is 0 Å². The van der Waals surface area contributed by atoms with Gasteiger partial charge in [0.2, 0.25) is 0 Å². The van der Waals surface area contributed by atoms with Gasteiger partial charge < -0.3 is 10.2 Å². The SMILES string of the molecule is CC=C=CCC(CC(=O)O)CC(=O)O. The predicted octanol–water partition coefficient (Wildman–Crippen LogP) is 1.67. The monoisotopic (exact) mass is 198 g/mol. The maximum absolute atomic E-state index is 10.4. The molecule has 4 nitrogen and oxygen atoms in total. The molecular weight excluding hydrogens is 184 g/mol. The summed E-state index contributed by atoms with van der Waals surface area (Å²) >= 11 is 0. The molecule has 0 aliphatic carbocycles. The Morgan fingerprint density at radius 3 is 2.14 bits per heavy atom. The van der Waals surface area contributed by atoms with Crippen molar-refractivity contribution in [3.05, 3.63) is 17.9 Å². The topological polar surface area (TPSA) is 74.6 Å². The van der Waals surface area contributed by atoms with E-state index < -0.39 is 11.9 Å². The number of rotatable bonds is 6. The smallest absolute Gasteiger partial charge is 0.303 e. The van der Waals surface area contributed by atoms with E-state index in [2.05, 4.69) is 5.73 Å². The van der Waals surface area contributed by atoms with Crippen LogP contribution in [-0.2, 0) is 9.59 Å². The molecule has 0 aliphatic heterocycles. The Labute approximate surface area is 82.6 Å². The molecule has 0 amide bonds. The highest BCUT2D eigenvalue weighted by molar-refractivity contribution is 5.70. The quantitative estimate of drug-likeness (QED) is 0.636. The zero-order valence-electron chi connectivity index (χ0n) is 8.06. The summed E-state index contributed by atoms with van der Waals surface area (Å²) in [6.07, 6.45) is 3.56. The largest absolute Gasteiger partial charge is 0.481 e. The molecule has 0 aromatic heterocycles. The molecule has 0 fully saturated rings. The van der Waals surface area contributed by atoms with Crippen LogP contribution >= 0.6 is 0 Å². The van der Waals surface area contributed by atoms with Crippen LogP contribution in [0.25, 0.3) is 0 Å². The van der Waals surface area contributed by atoms with Gasteiger partial charge in [0.15, 0.2) is 0 Å². The van der Waals surface area contributed by atoms with Crippen molar-refractivity contribution in [3.8, 4) is 0 Å². The van der Waals surface area contributed by atoms with Crippen molar-refractivity contribution >= 4 is 11.9 Å². The molecule has 0 aliphatic rings. The van der Waals surface area contributed by atoms with Crippen molar-refractivity contribution in [1.82, 2.24) is 0 Å². The van der Waals surface area contributed by atoms with Crippen molar-refractivity contribution in [2.24, 2.45) is 5.92 Å². The number of hydrogen-bond donors (Lipinski definition) is 2. The number of carboxylic acid groups (broad SMARTS) is 2. The van der Waals surface area contributed by atoms with Gasteiger partial charge in [-0.2, -0.15) is 0 Å². The predicted molar refractivity (Wildman–Crippen MR) is 50.9 cm³/mol. The zero-order chi connectivity index (χ0) is 11.0. The van der Waals surface area contributed by atoms with Gasteiger partial charge in [-0.3, -0.25) is 9.59 Å². The number of carboxylic acids is 2. The molecule has 0 bridgehead atoms. The molecule has 0 unspecified atom stereocenters. The molecule has 78 valence electrons. The van der Waals surface area contributed by atoms with Crippen LogP contribution in [0.4, 0.5) is 0 Å². The highest BCUT2D eigenvalue weighted by Gasteiger charge is 2.15. The molecule has 4 heteroatoms. The van der Waals surface area contributed by atoms with Gasteiger partial charge in [0.1, 0.15) is 0 Å². The fraction of sp³-hybridized carbons (Fsp3) is 0.500. The summed E-state index contributed by atoms with van der Waals surface area (Å²) in [5.74, 6) is -2.28. The lowest BCUT2D eigenvalue weighted by molar-refractivity contribution is -0.140. The van der Waals surface area contributed by atoms with Crippen LogP contribution in [-0.4, -0.2) is 22.2 Å². The van der Waals surface area contributed by atoms with Gasteiger partial charge in [-0.1, -0.05) is 0 Å². The first kappa shape index (κ1) is 12.5. The van der Waals surface area contributed by atoms with E-state index in [0.717, 1.165) is 0 Å². The minimum atomic E-state index is -0.967. The second-order valence-electron chi connectivity index (χ2n) is 2.96. The second-order valence-corrected chi connectivity index (χ2v) is 2.96. The second kappa shape index (κ2) is 6.92. The van der Waals surface area contributed by atoms with Crippen molar-refractivity contribution in [1.29, 1.82) is 0 Å². The third-order valence-corrected chi connectivity index (χ3v) is 1.66. The molecule has 2 N–H and O–H groups in total. The summed E-state index contributed by atoms with van der Waals surface area (Å²) in [6.45, 7) is 1.79. The van der Waals surface area contributed by atoms with Crippen LogP contribution < -0.4 is 0 Å². The summed E-state index contributed by atoms with van der Waals surface area (Å²) in [6, 6.07) is 0. The minimum absolute atomic E-state index is 0.117. The summed E-state index contributed by atoms with van der Waals surface area (Å²) in [5.41, 5.74) is 2.79. The van der Waals surface area contributed by atoms with E-state index in [4.69, 9.17) is 10.2 Å². The van der Waals surface area contributed by atoms with Crippen molar-refractivity contribution < 1.29 is 19.8 Å². The van der Waals surface area contributed by atoms with Crippen molar-refractivity contribution in [2.75, 3.05) is 0 Å². The zero-order valence-corrected chi connectivity index (χ0v) is 8.06. The average molecular weight is 198 g/mol. The van der Waals surface area contributed by atoms with E-state index in [0.29, 0.717) is 6.42 Å². The lowest BCUT2D eigenvalue weighted by atomic mass is 9.98. The van der Waals surface area contributed by atoms with Gasteiger partial charge >= 0.3 is 11.9 Å². The van der Waals surface area contributed by atoms with Crippen molar-refractivity contribution in [3.63, 3.8) is 0 Å².